The molecule has 0 aliphatic rings. The minimum absolute atomic E-state index is 0.106. The first kappa shape index (κ1) is 14.8. The fourth-order valence-electron chi connectivity index (χ4n) is 2.51. The molecule has 0 radical (unpaired) electrons. The average molecular weight is 309 g/mol. The van der Waals surface area contributed by atoms with Crippen LogP contribution >= 0.6 is 0 Å². The summed E-state index contributed by atoms with van der Waals surface area (Å²) in [7, 11) is 0. The first-order valence-corrected chi connectivity index (χ1v) is 7.04. The van der Waals surface area contributed by atoms with Crippen LogP contribution in [0.2, 0.25) is 0 Å². The number of pyridine rings is 1. The van der Waals surface area contributed by atoms with Gasteiger partial charge in [-0.05, 0) is 37.6 Å². The maximum atomic E-state index is 12.4. The van der Waals surface area contributed by atoms with Gasteiger partial charge in [-0.25, -0.2) is 4.98 Å². The number of aromatic nitrogens is 1. The molecule has 0 fully saturated rings. The normalized spacial score (nSPS) is 10.7. The van der Waals surface area contributed by atoms with Crippen LogP contribution in [0.1, 0.15) is 32.2 Å². The molecule has 6 nitrogen and oxygen atoms in total. The zero-order valence-corrected chi connectivity index (χ0v) is 12.7. The smallest absolute Gasteiger partial charge is 0.286 e. The summed E-state index contributed by atoms with van der Waals surface area (Å²) in [6.45, 7) is 3.68. The van der Waals surface area contributed by atoms with Crippen LogP contribution < -0.4 is 11.1 Å². The van der Waals surface area contributed by atoms with Gasteiger partial charge in [0.25, 0.3) is 11.8 Å². The Hall–Kier alpha value is -3.15. The van der Waals surface area contributed by atoms with Crippen LogP contribution in [0, 0.1) is 13.8 Å². The van der Waals surface area contributed by atoms with Gasteiger partial charge in [0.15, 0.2) is 0 Å². The lowest BCUT2D eigenvalue weighted by molar-refractivity contribution is 0.0977. The van der Waals surface area contributed by atoms with Crippen molar-refractivity contribution < 1.29 is 14.0 Å². The summed E-state index contributed by atoms with van der Waals surface area (Å²) in [6, 6.07) is 10.5. The molecule has 0 aliphatic carbocycles. The molecule has 0 atom stereocenters. The lowest BCUT2D eigenvalue weighted by Crippen LogP contribution is -2.17. The highest BCUT2D eigenvalue weighted by atomic mass is 16.4. The van der Waals surface area contributed by atoms with Gasteiger partial charge < -0.3 is 15.5 Å². The van der Waals surface area contributed by atoms with E-state index in [9.17, 15) is 9.59 Å². The number of fused-ring (bicyclic) bond motifs is 1. The van der Waals surface area contributed by atoms with Crippen molar-refractivity contribution in [3.05, 3.63) is 59.0 Å². The second-order valence-electron chi connectivity index (χ2n) is 5.25. The lowest BCUT2D eigenvalue weighted by Gasteiger charge is -2.06. The predicted octanol–water partition coefficient (Wildman–Crippen LogP) is 2.80. The maximum Gasteiger partial charge on any atom is 0.286 e. The number of nitrogens with zero attached hydrogens (tertiary/aromatic N) is 1. The number of nitrogens with one attached hydrogen (secondary N) is 1. The van der Waals surface area contributed by atoms with Gasteiger partial charge in [0, 0.05) is 11.3 Å². The first-order chi connectivity index (χ1) is 11.0. The van der Waals surface area contributed by atoms with Crippen molar-refractivity contribution in [2.24, 2.45) is 5.73 Å². The van der Waals surface area contributed by atoms with Crippen molar-refractivity contribution in [1.29, 1.82) is 0 Å². The number of hydrogen-bond donors (Lipinski definition) is 2. The van der Waals surface area contributed by atoms with Crippen molar-refractivity contribution in [3.8, 4) is 0 Å². The molecule has 1 aromatic carbocycles. The van der Waals surface area contributed by atoms with E-state index in [1.807, 2.05) is 26.0 Å². The Kier molecular flexibility index (Phi) is 3.57. The highest BCUT2D eigenvalue weighted by Gasteiger charge is 2.23. The molecule has 116 valence electrons. The third-order valence-corrected chi connectivity index (χ3v) is 3.49. The Balaban J connectivity index is 2.14. The van der Waals surface area contributed by atoms with Crippen molar-refractivity contribution >= 4 is 28.6 Å². The Bertz CT molecular complexity index is 914. The molecule has 2 heterocycles. The molecule has 0 unspecified atom stereocenters. The van der Waals surface area contributed by atoms with Crippen LogP contribution in [0.3, 0.4) is 0 Å². The van der Waals surface area contributed by atoms with Crippen molar-refractivity contribution in [1.82, 2.24) is 4.98 Å². The van der Waals surface area contributed by atoms with E-state index in [4.69, 9.17) is 10.2 Å². The molecular formula is C17H15N3O3. The number of anilines is 1. The van der Waals surface area contributed by atoms with Gasteiger partial charge in [-0.3, -0.25) is 9.59 Å². The minimum atomic E-state index is -0.761. The van der Waals surface area contributed by atoms with Gasteiger partial charge in [-0.15, -0.1) is 0 Å². The summed E-state index contributed by atoms with van der Waals surface area (Å²) < 4.78 is 5.46. The highest BCUT2D eigenvalue weighted by molar-refractivity contribution is 6.14. The molecule has 0 saturated heterocycles. The van der Waals surface area contributed by atoms with Crippen LogP contribution in [-0.4, -0.2) is 16.8 Å². The van der Waals surface area contributed by atoms with Gasteiger partial charge in [-0.2, -0.15) is 0 Å². The van der Waals surface area contributed by atoms with Crippen LogP contribution in [0.25, 0.3) is 11.1 Å². The van der Waals surface area contributed by atoms with E-state index in [1.54, 1.807) is 24.3 Å². The number of furan rings is 1. The van der Waals surface area contributed by atoms with Crippen molar-refractivity contribution in [2.75, 3.05) is 5.32 Å². The number of benzene rings is 1. The summed E-state index contributed by atoms with van der Waals surface area (Å²) in [4.78, 5) is 28.3. The van der Waals surface area contributed by atoms with E-state index < -0.39 is 5.91 Å². The average Bonchev–Trinajstić information content (AvgIpc) is 2.87. The molecule has 0 bridgehead atoms. The summed E-state index contributed by atoms with van der Waals surface area (Å²) in [5.41, 5.74) is 7.96. The van der Waals surface area contributed by atoms with Crippen LogP contribution in [0.4, 0.5) is 5.69 Å². The number of carbonyl (C=O) groups is 2. The summed E-state index contributed by atoms with van der Waals surface area (Å²) >= 11 is 0. The SMILES string of the molecule is Cc1cc(C)c2c(NC(=O)c3ccccc3)c(C(N)=O)oc2n1. The van der Waals surface area contributed by atoms with Gasteiger partial charge >= 0.3 is 0 Å². The zero-order valence-electron chi connectivity index (χ0n) is 12.7. The number of carbonyl (C=O) groups excluding carboxylic acids is 2. The largest absolute Gasteiger partial charge is 0.430 e. The number of primary amides is 1. The topological polar surface area (TPSA) is 98.2 Å². The van der Waals surface area contributed by atoms with E-state index in [-0.39, 0.29) is 23.1 Å². The Labute approximate surface area is 132 Å². The highest BCUT2D eigenvalue weighted by Crippen LogP contribution is 2.33. The lowest BCUT2D eigenvalue weighted by atomic mass is 10.1. The van der Waals surface area contributed by atoms with Crippen molar-refractivity contribution in [3.63, 3.8) is 0 Å². The number of amides is 2. The van der Waals surface area contributed by atoms with E-state index in [0.29, 0.717) is 10.9 Å². The predicted molar refractivity (Wildman–Crippen MR) is 86.4 cm³/mol. The van der Waals surface area contributed by atoms with Crippen LogP contribution in [-0.2, 0) is 0 Å². The van der Waals surface area contributed by atoms with E-state index in [0.717, 1.165) is 11.3 Å². The fraction of sp³-hybridized carbons (Fsp3) is 0.118. The molecular weight excluding hydrogens is 294 g/mol. The number of aryl methyl sites for hydroxylation is 2. The molecule has 2 amide bonds. The van der Waals surface area contributed by atoms with E-state index >= 15 is 0 Å². The summed E-state index contributed by atoms with van der Waals surface area (Å²) in [5, 5.41) is 3.30. The quantitative estimate of drug-likeness (QED) is 0.777. The Morgan fingerprint density at radius 2 is 1.87 bits per heavy atom. The number of nitrogens with two attached hydrogens (primary N) is 1. The number of hydrogen-bond acceptors (Lipinski definition) is 4. The maximum absolute atomic E-state index is 12.4. The second-order valence-corrected chi connectivity index (χ2v) is 5.25. The third-order valence-electron chi connectivity index (χ3n) is 3.49. The monoisotopic (exact) mass is 309 g/mol. The van der Waals surface area contributed by atoms with E-state index in [2.05, 4.69) is 10.3 Å². The molecule has 6 heteroatoms. The van der Waals surface area contributed by atoms with Crippen LogP contribution in [0.15, 0.2) is 40.8 Å². The molecule has 3 aromatic rings. The fourth-order valence-corrected chi connectivity index (χ4v) is 2.51. The van der Waals surface area contributed by atoms with E-state index in [1.165, 1.54) is 0 Å². The molecule has 0 spiro atoms. The second kappa shape index (κ2) is 5.57. The molecule has 3 rings (SSSR count). The third kappa shape index (κ3) is 2.66. The standard InChI is InChI=1S/C17H15N3O3/c1-9-8-10(2)19-17-12(9)13(14(23-17)15(18)21)20-16(22)11-6-4-3-5-7-11/h3-8H,1-2H3,(H2,18,21)(H,20,22). The van der Waals surface area contributed by atoms with Gasteiger partial charge in [0.2, 0.25) is 11.5 Å². The van der Waals surface area contributed by atoms with Gasteiger partial charge in [-0.1, -0.05) is 18.2 Å². The Morgan fingerprint density at radius 3 is 2.52 bits per heavy atom. The summed E-state index contributed by atoms with van der Waals surface area (Å²) in [6.07, 6.45) is 0. The van der Waals surface area contributed by atoms with Gasteiger partial charge in [0.05, 0.1) is 5.39 Å². The molecule has 2 aromatic heterocycles. The first-order valence-electron chi connectivity index (χ1n) is 7.04. The number of rotatable bonds is 3. The van der Waals surface area contributed by atoms with Crippen LogP contribution in [0.5, 0.6) is 0 Å². The van der Waals surface area contributed by atoms with Gasteiger partial charge in [0.1, 0.15) is 5.69 Å². The molecule has 0 saturated carbocycles. The minimum Gasteiger partial charge on any atom is -0.430 e. The molecule has 23 heavy (non-hydrogen) atoms. The zero-order chi connectivity index (χ0) is 16.6. The Morgan fingerprint density at radius 1 is 1.17 bits per heavy atom. The van der Waals surface area contributed by atoms with Crippen molar-refractivity contribution in [2.45, 2.75) is 13.8 Å². The summed E-state index contributed by atoms with van der Waals surface area (Å²) in [5.74, 6) is -1.22. The molecule has 0 aliphatic heterocycles. The molecule has 3 N–H and O–H groups in total.